The molecule has 1 N–H and O–H groups in total. The average molecular weight is 312 g/mol. The van der Waals surface area contributed by atoms with E-state index < -0.39 is 0 Å². The second kappa shape index (κ2) is 7.27. The zero-order valence-electron chi connectivity index (χ0n) is 13.1. The number of hydrogen-bond donors (Lipinski definition) is 1. The Hall–Kier alpha value is -2.36. The maximum Gasteiger partial charge on any atom is 0.251 e. The van der Waals surface area contributed by atoms with Gasteiger partial charge >= 0.3 is 0 Å². The van der Waals surface area contributed by atoms with Crippen LogP contribution in [0, 0.1) is 5.82 Å². The third-order valence-corrected chi connectivity index (χ3v) is 4.18. The first kappa shape index (κ1) is 15.5. The van der Waals surface area contributed by atoms with Gasteiger partial charge in [0.1, 0.15) is 5.82 Å². The van der Waals surface area contributed by atoms with Gasteiger partial charge in [-0.05, 0) is 49.1 Å². The zero-order valence-corrected chi connectivity index (χ0v) is 13.1. The van der Waals surface area contributed by atoms with E-state index in [1.165, 1.54) is 29.8 Å². The van der Waals surface area contributed by atoms with Crippen LogP contribution in [0.15, 0.2) is 48.5 Å². The predicted molar refractivity (Wildman–Crippen MR) is 90.3 cm³/mol. The molecule has 0 fully saturated rings. The summed E-state index contributed by atoms with van der Waals surface area (Å²) in [6.45, 7) is 2.57. The zero-order chi connectivity index (χ0) is 16.1. The predicted octanol–water partition coefficient (Wildman–Crippen LogP) is 3.40. The Balaban J connectivity index is 1.48. The molecule has 3 rings (SSSR count). The Bertz CT molecular complexity index is 687. The Kier molecular flexibility index (Phi) is 4.91. The van der Waals surface area contributed by atoms with Crippen LogP contribution in [-0.2, 0) is 6.42 Å². The van der Waals surface area contributed by atoms with Crippen LogP contribution >= 0.6 is 0 Å². The highest BCUT2D eigenvalue weighted by Crippen LogP contribution is 2.26. The molecule has 1 aliphatic heterocycles. The number of amides is 1. The summed E-state index contributed by atoms with van der Waals surface area (Å²) < 4.78 is 13.1. The van der Waals surface area contributed by atoms with Crippen LogP contribution in [0.4, 0.5) is 10.1 Å². The van der Waals surface area contributed by atoms with Crippen LogP contribution in [0.5, 0.6) is 0 Å². The number of carbonyl (C=O) groups is 1. The molecule has 0 radical (unpaired) electrons. The molecule has 1 aliphatic rings. The van der Waals surface area contributed by atoms with Crippen LogP contribution in [0.2, 0.25) is 0 Å². The second-order valence-corrected chi connectivity index (χ2v) is 5.84. The number of fused-ring (bicyclic) bond motifs is 1. The second-order valence-electron chi connectivity index (χ2n) is 5.84. The molecule has 0 saturated carbocycles. The van der Waals surface area contributed by atoms with Crippen molar-refractivity contribution < 1.29 is 9.18 Å². The van der Waals surface area contributed by atoms with Gasteiger partial charge in [-0.15, -0.1) is 0 Å². The molecule has 1 amide bonds. The van der Waals surface area contributed by atoms with Crippen LogP contribution in [0.25, 0.3) is 0 Å². The summed E-state index contributed by atoms with van der Waals surface area (Å²) in [6.07, 6.45) is 3.19. The van der Waals surface area contributed by atoms with Crippen molar-refractivity contribution in [2.75, 3.05) is 24.5 Å². The molecule has 0 aliphatic carbocycles. The Morgan fingerprint density at radius 3 is 2.91 bits per heavy atom. The van der Waals surface area contributed by atoms with Gasteiger partial charge in [-0.3, -0.25) is 4.79 Å². The fraction of sp³-hybridized carbons (Fsp3) is 0.316. The summed E-state index contributed by atoms with van der Waals surface area (Å²) in [6, 6.07) is 14.3. The van der Waals surface area contributed by atoms with Gasteiger partial charge < -0.3 is 10.2 Å². The van der Waals surface area contributed by atoms with Gasteiger partial charge in [0.2, 0.25) is 0 Å². The Labute approximate surface area is 136 Å². The summed E-state index contributed by atoms with van der Waals surface area (Å²) in [5.41, 5.74) is 3.09. The lowest BCUT2D eigenvalue weighted by Gasteiger charge is -2.31. The fourth-order valence-electron chi connectivity index (χ4n) is 3.05. The van der Waals surface area contributed by atoms with Crippen LogP contribution in [0.3, 0.4) is 0 Å². The van der Waals surface area contributed by atoms with Crippen molar-refractivity contribution in [2.45, 2.75) is 19.3 Å². The van der Waals surface area contributed by atoms with Crippen molar-refractivity contribution in [1.82, 2.24) is 5.32 Å². The van der Waals surface area contributed by atoms with E-state index in [0.29, 0.717) is 12.1 Å². The average Bonchev–Trinajstić information content (AvgIpc) is 2.58. The van der Waals surface area contributed by atoms with Crippen LogP contribution < -0.4 is 10.2 Å². The number of halogens is 1. The standard InChI is InChI=1S/C19H21FN2O/c20-17-9-3-7-16(14-17)19(23)21-11-5-13-22-12-4-8-15-6-1-2-10-18(15)22/h1-3,6-7,9-10,14H,4-5,8,11-13H2,(H,21,23). The van der Waals surface area contributed by atoms with E-state index in [9.17, 15) is 9.18 Å². The molecule has 0 aromatic heterocycles. The lowest BCUT2D eigenvalue weighted by molar-refractivity contribution is 0.0953. The normalized spacial score (nSPS) is 13.5. The number of nitrogens with zero attached hydrogens (tertiary/aromatic N) is 1. The van der Waals surface area contributed by atoms with Gasteiger partial charge in [0.15, 0.2) is 0 Å². The van der Waals surface area contributed by atoms with Crippen molar-refractivity contribution >= 4 is 11.6 Å². The number of benzene rings is 2. The summed E-state index contributed by atoms with van der Waals surface area (Å²) in [5, 5.41) is 2.86. The number of aryl methyl sites for hydroxylation is 1. The van der Waals surface area contributed by atoms with Crippen molar-refractivity contribution in [3.8, 4) is 0 Å². The quantitative estimate of drug-likeness (QED) is 0.858. The summed E-state index contributed by atoms with van der Waals surface area (Å²) in [4.78, 5) is 14.3. The van der Waals surface area contributed by atoms with Gasteiger partial charge in [0, 0.05) is 30.9 Å². The molecule has 2 aromatic rings. The smallest absolute Gasteiger partial charge is 0.251 e. The highest BCUT2D eigenvalue weighted by Gasteiger charge is 2.15. The molecule has 120 valence electrons. The third kappa shape index (κ3) is 3.89. The largest absolute Gasteiger partial charge is 0.371 e. The summed E-state index contributed by atoms with van der Waals surface area (Å²) >= 11 is 0. The maximum atomic E-state index is 13.1. The molecule has 1 heterocycles. The van der Waals surface area contributed by atoms with Gasteiger partial charge in [-0.25, -0.2) is 4.39 Å². The Morgan fingerprint density at radius 2 is 2.04 bits per heavy atom. The molecule has 0 atom stereocenters. The van der Waals surface area contributed by atoms with Crippen LogP contribution in [0.1, 0.15) is 28.8 Å². The van der Waals surface area contributed by atoms with E-state index in [4.69, 9.17) is 0 Å². The molecular weight excluding hydrogens is 291 g/mol. The van der Waals surface area contributed by atoms with Gasteiger partial charge in [0.25, 0.3) is 5.91 Å². The highest BCUT2D eigenvalue weighted by molar-refractivity contribution is 5.94. The molecule has 0 bridgehead atoms. The SMILES string of the molecule is O=C(NCCCN1CCCc2ccccc21)c1cccc(F)c1. The first-order valence-corrected chi connectivity index (χ1v) is 8.10. The molecule has 4 heteroatoms. The summed E-state index contributed by atoms with van der Waals surface area (Å²) in [5.74, 6) is -0.605. The maximum absolute atomic E-state index is 13.1. The molecule has 23 heavy (non-hydrogen) atoms. The van der Waals surface area contributed by atoms with E-state index >= 15 is 0 Å². The van der Waals surface area contributed by atoms with E-state index in [-0.39, 0.29) is 11.7 Å². The van der Waals surface area contributed by atoms with E-state index in [1.54, 1.807) is 12.1 Å². The topological polar surface area (TPSA) is 32.3 Å². The molecule has 0 spiro atoms. The lowest BCUT2D eigenvalue weighted by atomic mass is 10.0. The first-order valence-electron chi connectivity index (χ1n) is 8.10. The highest BCUT2D eigenvalue weighted by atomic mass is 19.1. The minimum atomic E-state index is -0.387. The minimum Gasteiger partial charge on any atom is -0.371 e. The van der Waals surface area contributed by atoms with Crippen molar-refractivity contribution in [3.63, 3.8) is 0 Å². The molecule has 0 saturated heterocycles. The third-order valence-electron chi connectivity index (χ3n) is 4.18. The van der Waals surface area contributed by atoms with Crippen molar-refractivity contribution in [1.29, 1.82) is 0 Å². The molecular formula is C19H21FN2O. The van der Waals surface area contributed by atoms with Gasteiger partial charge in [-0.2, -0.15) is 0 Å². The molecule has 0 unspecified atom stereocenters. The lowest BCUT2D eigenvalue weighted by Crippen LogP contribution is -2.33. The van der Waals surface area contributed by atoms with Gasteiger partial charge in [-0.1, -0.05) is 24.3 Å². The number of anilines is 1. The Morgan fingerprint density at radius 1 is 1.17 bits per heavy atom. The van der Waals surface area contributed by atoms with E-state index in [2.05, 4.69) is 34.5 Å². The van der Waals surface area contributed by atoms with Gasteiger partial charge in [0.05, 0.1) is 0 Å². The number of rotatable bonds is 5. The fourth-order valence-corrected chi connectivity index (χ4v) is 3.05. The molecule has 2 aromatic carbocycles. The number of hydrogen-bond acceptors (Lipinski definition) is 2. The van der Waals surface area contributed by atoms with E-state index in [1.807, 2.05) is 0 Å². The molecule has 3 nitrogen and oxygen atoms in total. The first-order chi connectivity index (χ1) is 11.2. The number of nitrogens with one attached hydrogen (secondary N) is 1. The van der Waals surface area contributed by atoms with Crippen molar-refractivity contribution in [3.05, 3.63) is 65.5 Å². The minimum absolute atomic E-state index is 0.219. The van der Waals surface area contributed by atoms with Crippen molar-refractivity contribution in [2.24, 2.45) is 0 Å². The van der Waals surface area contributed by atoms with Crippen LogP contribution in [-0.4, -0.2) is 25.5 Å². The number of para-hydroxylation sites is 1. The monoisotopic (exact) mass is 312 g/mol. The number of carbonyl (C=O) groups excluding carboxylic acids is 1. The van der Waals surface area contributed by atoms with E-state index in [0.717, 1.165) is 25.9 Å². The summed E-state index contributed by atoms with van der Waals surface area (Å²) in [7, 11) is 0.